The minimum Gasteiger partial charge on any atom is -0.369 e. The van der Waals surface area contributed by atoms with Crippen LogP contribution in [0, 0.1) is 0 Å². The molecule has 0 aromatic carbocycles. The van der Waals surface area contributed by atoms with E-state index in [1.54, 1.807) is 11.9 Å². The first-order chi connectivity index (χ1) is 10.8. The number of nitrogens with zero attached hydrogens (tertiary/aromatic N) is 5. The number of rotatable bonds is 2. The number of fused-ring (bicyclic) bond motifs is 1. The van der Waals surface area contributed by atoms with Crippen molar-refractivity contribution in [2.75, 3.05) is 13.1 Å². The van der Waals surface area contributed by atoms with Crippen LogP contribution in [-0.2, 0) is 23.1 Å². The van der Waals surface area contributed by atoms with Crippen LogP contribution in [0.25, 0.3) is 11.0 Å². The molecule has 0 bridgehead atoms. The lowest BCUT2D eigenvalue weighted by atomic mass is 10.1. The van der Waals surface area contributed by atoms with Crippen LogP contribution >= 0.6 is 0 Å². The fraction of sp³-hybridized carbons (Fsp3) is 0.600. The van der Waals surface area contributed by atoms with Gasteiger partial charge in [0, 0.05) is 20.1 Å². The molecule has 3 rings (SSSR count). The van der Waals surface area contributed by atoms with Gasteiger partial charge >= 0.3 is 0 Å². The number of morpholine rings is 1. The zero-order valence-corrected chi connectivity index (χ0v) is 13.8. The van der Waals surface area contributed by atoms with Gasteiger partial charge in [-0.2, -0.15) is 5.10 Å². The first-order valence-electron chi connectivity index (χ1n) is 7.59. The average molecular weight is 319 g/mol. The maximum atomic E-state index is 12.6. The molecule has 1 amide bonds. The number of carbonyl (C=O) groups is 1. The van der Waals surface area contributed by atoms with Crippen LogP contribution in [0.2, 0.25) is 0 Å². The molecule has 23 heavy (non-hydrogen) atoms. The van der Waals surface area contributed by atoms with Crippen LogP contribution in [0.15, 0.2) is 17.3 Å². The third kappa shape index (κ3) is 2.98. The van der Waals surface area contributed by atoms with Crippen molar-refractivity contribution >= 4 is 16.9 Å². The van der Waals surface area contributed by atoms with E-state index < -0.39 is 0 Å². The van der Waals surface area contributed by atoms with Crippen LogP contribution < -0.4 is 5.56 Å². The van der Waals surface area contributed by atoms with Crippen LogP contribution in [0.3, 0.4) is 0 Å². The summed E-state index contributed by atoms with van der Waals surface area (Å²) in [4.78, 5) is 30.9. The second-order valence-corrected chi connectivity index (χ2v) is 6.65. The second kappa shape index (κ2) is 5.45. The standard InChI is InChI=1S/C15H21N5O3/c1-10-6-19(8-15(2,3)23-10)12(21)7-20-9-16-13-11(14(20)22)5-17-18(13)4/h5,9-10H,6-8H2,1-4H3/t10-/m0/s1. The first-order valence-corrected chi connectivity index (χ1v) is 7.59. The van der Waals surface area contributed by atoms with E-state index in [2.05, 4.69) is 10.1 Å². The normalized spacial score (nSPS) is 20.9. The summed E-state index contributed by atoms with van der Waals surface area (Å²) < 4.78 is 8.67. The maximum Gasteiger partial charge on any atom is 0.264 e. The molecule has 1 saturated heterocycles. The summed E-state index contributed by atoms with van der Waals surface area (Å²) in [6, 6.07) is 0. The zero-order chi connectivity index (χ0) is 16.8. The van der Waals surface area contributed by atoms with Gasteiger partial charge in [0.1, 0.15) is 18.3 Å². The lowest BCUT2D eigenvalue weighted by molar-refractivity contribution is -0.158. The molecule has 2 aromatic rings. The summed E-state index contributed by atoms with van der Waals surface area (Å²) in [5.74, 6) is -0.111. The van der Waals surface area contributed by atoms with Crippen molar-refractivity contribution in [3.63, 3.8) is 0 Å². The Kier molecular flexibility index (Phi) is 3.71. The fourth-order valence-corrected chi connectivity index (χ4v) is 3.07. The van der Waals surface area contributed by atoms with Gasteiger partial charge in [-0.1, -0.05) is 0 Å². The number of carbonyl (C=O) groups excluding carboxylic acids is 1. The first kappa shape index (κ1) is 15.7. The number of hydrogen-bond acceptors (Lipinski definition) is 5. The van der Waals surface area contributed by atoms with E-state index in [0.29, 0.717) is 24.1 Å². The van der Waals surface area contributed by atoms with Gasteiger partial charge in [0.25, 0.3) is 5.56 Å². The molecule has 8 heteroatoms. The Bertz CT molecular complexity index is 807. The monoisotopic (exact) mass is 319 g/mol. The van der Waals surface area contributed by atoms with Gasteiger partial charge in [0.05, 0.1) is 17.9 Å². The Hall–Kier alpha value is -2.22. The number of ether oxygens (including phenoxy) is 1. The predicted molar refractivity (Wildman–Crippen MR) is 84.0 cm³/mol. The summed E-state index contributed by atoms with van der Waals surface area (Å²) >= 11 is 0. The summed E-state index contributed by atoms with van der Waals surface area (Å²) in [6.45, 7) is 6.86. The molecular formula is C15H21N5O3. The molecule has 2 aromatic heterocycles. The van der Waals surface area contributed by atoms with Gasteiger partial charge < -0.3 is 9.64 Å². The number of aryl methyl sites for hydroxylation is 1. The molecular weight excluding hydrogens is 298 g/mol. The largest absolute Gasteiger partial charge is 0.369 e. The van der Waals surface area contributed by atoms with Gasteiger partial charge in [-0.05, 0) is 20.8 Å². The van der Waals surface area contributed by atoms with Crippen molar-refractivity contribution in [1.82, 2.24) is 24.2 Å². The number of aromatic nitrogens is 4. The number of amides is 1. The molecule has 1 aliphatic rings. The highest BCUT2D eigenvalue weighted by atomic mass is 16.5. The highest BCUT2D eigenvalue weighted by molar-refractivity contribution is 5.77. The minimum absolute atomic E-state index is 0.0283. The average Bonchev–Trinajstić information content (AvgIpc) is 2.82. The van der Waals surface area contributed by atoms with Crippen LogP contribution in [-0.4, -0.2) is 54.9 Å². The lowest BCUT2D eigenvalue weighted by Crippen LogP contribution is -2.54. The van der Waals surface area contributed by atoms with E-state index in [4.69, 9.17) is 4.74 Å². The van der Waals surface area contributed by atoms with Gasteiger partial charge in [-0.15, -0.1) is 0 Å². The third-order valence-electron chi connectivity index (χ3n) is 3.95. The molecule has 3 heterocycles. The van der Waals surface area contributed by atoms with Crippen molar-refractivity contribution in [3.8, 4) is 0 Å². The molecule has 0 radical (unpaired) electrons. The Labute approximate surface area is 133 Å². The van der Waals surface area contributed by atoms with Crippen molar-refractivity contribution < 1.29 is 9.53 Å². The van der Waals surface area contributed by atoms with E-state index >= 15 is 0 Å². The van der Waals surface area contributed by atoms with Gasteiger partial charge in [-0.3, -0.25) is 18.8 Å². The minimum atomic E-state index is -0.385. The van der Waals surface area contributed by atoms with Crippen molar-refractivity contribution in [1.29, 1.82) is 0 Å². The molecule has 0 N–H and O–H groups in total. The Morgan fingerprint density at radius 1 is 1.48 bits per heavy atom. The Morgan fingerprint density at radius 2 is 2.22 bits per heavy atom. The summed E-state index contributed by atoms with van der Waals surface area (Å²) in [6.07, 6.45) is 2.85. The maximum absolute atomic E-state index is 12.6. The van der Waals surface area contributed by atoms with Crippen LogP contribution in [0.5, 0.6) is 0 Å². The zero-order valence-electron chi connectivity index (χ0n) is 13.8. The molecule has 0 spiro atoms. The van der Waals surface area contributed by atoms with Gasteiger partial charge in [0.15, 0.2) is 5.65 Å². The molecule has 8 nitrogen and oxygen atoms in total. The van der Waals surface area contributed by atoms with E-state index in [1.807, 2.05) is 20.8 Å². The van der Waals surface area contributed by atoms with Gasteiger partial charge in [0.2, 0.25) is 5.91 Å². The smallest absolute Gasteiger partial charge is 0.264 e. The molecule has 1 atom stereocenters. The highest BCUT2D eigenvalue weighted by Gasteiger charge is 2.33. The van der Waals surface area contributed by atoms with E-state index in [0.717, 1.165) is 0 Å². The summed E-state index contributed by atoms with van der Waals surface area (Å²) in [5.41, 5.74) is -0.124. The molecule has 124 valence electrons. The lowest BCUT2D eigenvalue weighted by Gasteiger charge is -2.41. The van der Waals surface area contributed by atoms with Crippen molar-refractivity contribution in [3.05, 3.63) is 22.9 Å². The van der Waals surface area contributed by atoms with Crippen molar-refractivity contribution in [2.45, 2.75) is 39.0 Å². The third-order valence-corrected chi connectivity index (χ3v) is 3.95. The number of hydrogen-bond donors (Lipinski definition) is 0. The van der Waals surface area contributed by atoms with E-state index in [1.165, 1.54) is 21.8 Å². The van der Waals surface area contributed by atoms with Crippen molar-refractivity contribution in [2.24, 2.45) is 7.05 Å². The highest BCUT2D eigenvalue weighted by Crippen LogP contribution is 2.20. The Morgan fingerprint density at radius 3 is 2.91 bits per heavy atom. The van der Waals surface area contributed by atoms with E-state index in [9.17, 15) is 9.59 Å². The SMILES string of the molecule is C[C@H]1CN(C(=O)Cn2cnc3c(cnn3C)c2=O)CC(C)(C)O1. The molecule has 0 aliphatic carbocycles. The molecule has 1 aliphatic heterocycles. The fourth-order valence-electron chi connectivity index (χ4n) is 3.07. The van der Waals surface area contributed by atoms with E-state index in [-0.39, 0.29) is 29.7 Å². The quantitative estimate of drug-likeness (QED) is 0.787. The van der Waals surface area contributed by atoms with Crippen LogP contribution in [0.1, 0.15) is 20.8 Å². The topological polar surface area (TPSA) is 82.3 Å². The molecule has 0 unspecified atom stereocenters. The second-order valence-electron chi connectivity index (χ2n) is 6.65. The summed E-state index contributed by atoms with van der Waals surface area (Å²) in [7, 11) is 1.72. The predicted octanol–water partition coefficient (Wildman–Crippen LogP) is 0.156. The van der Waals surface area contributed by atoms with Crippen LogP contribution in [0.4, 0.5) is 0 Å². The summed E-state index contributed by atoms with van der Waals surface area (Å²) in [5, 5.41) is 4.44. The van der Waals surface area contributed by atoms with Gasteiger partial charge in [-0.25, -0.2) is 4.98 Å². The Balaban J connectivity index is 1.83. The molecule has 0 saturated carbocycles. The molecule has 1 fully saturated rings.